The van der Waals surface area contributed by atoms with E-state index in [4.69, 9.17) is 16.6 Å². The van der Waals surface area contributed by atoms with Gasteiger partial charge in [-0.15, -0.1) is 0 Å². The zero-order valence-electron chi connectivity index (χ0n) is 9.42. The number of amides is 2. The smallest absolute Gasteiger partial charge is 0.335 e. The number of hydrogen-bond donors (Lipinski definition) is 4. The Kier molecular flexibility index (Phi) is 4.39. The van der Waals surface area contributed by atoms with Crippen molar-refractivity contribution in [2.75, 3.05) is 5.32 Å². The summed E-state index contributed by atoms with van der Waals surface area (Å²) in [5, 5.41) is 11.1. The number of aromatic carboxylic acids is 1. The van der Waals surface area contributed by atoms with Gasteiger partial charge in [-0.25, -0.2) is 4.79 Å². The van der Waals surface area contributed by atoms with Crippen molar-refractivity contribution in [2.45, 2.75) is 12.5 Å². The van der Waals surface area contributed by atoms with Crippen LogP contribution in [-0.2, 0) is 9.59 Å². The van der Waals surface area contributed by atoms with Gasteiger partial charge in [-0.2, -0.15) is 0 Å². The van der Waals surface area contributed by atoms with Crippen molar-refractivity contribution in [1.29, 1.82) is 0 Å². The van der Waals surface area contributed by atoms with Crippen LogP contribution in [0.4, 0.5) is 5.69 Å². The molecule has 2 amide bonds. The number of hydrogen-bond acceptors (Lipinski definition) is 4. The number of carbonyl (C=O) groups is 3. The van der Waals surface area contributed by atoms with Gasteiger partial charge < -0.3 is 21.9 Å². The maximum Gasteiger partial charge on any atom is 0.335 e. The Bertz CT molecular complexity index is 470. The third-order valence-corrected chi connectivity index (χ3v) is 2.16. The Morgan fingerprint density at radius 3 is 2.22 bits per heavy atom. The van der Waals surface area contributed by atoms with E-state index in [-0.39, 0.29) is 12.0 Å². The summed E-state index contributed by atoms with van der Waals surface area (Å²) in [6.45, 7) is 0. The van der Waals surface area contributed by atoms with Crippen molar-refractivity contribution in [1.82, 2.24) is 0 Å². The molecule has 96 valence electrons. The van der Waals surface area contributed by atoms with E-state index in [0.717, 1.165) is 0 Å². The third-order valence-electron chi connectivity index (χ3n) is 2.16. The van der Waals surface area contributed by atoms with Crippen LogP contribution in [0.2, 0.25) is 0 Å². The molecule has 0 aliphatic rings. The minimum atomic E-state index is -1.06. The normalized spacial score (nSPS) is 11.6. The summed E-state index contributed by atoms with van der Waals surface area (Å²) in [7, 11) is 0. The predicted octanol–water partition coefficient (Wildman–Crippen LogP) is -0.474. The van der Waals surface area contributed by atoms with Gasteiger partial charge >= 0.3 is 5.97 Å². The molecule has 7 heteroatoms. The van der Waals surface area contributed by atoms with Gasteiger partial charge in [0.1, 0.15) is 0 Å². The van der Waals surface area contributed by atoms with Gasteiger partial charge in [0.25, 0.3) is 0 Å². The molecule has 7 nitrogen and oxygen atoms in total. The van der Waals surface area contributed by atoms with E-state index in [1.54, 1.807) is 0 Å². The maximum atomic E-state index is 11.5. The lowest BCUT2D eigenvalue weighted by Crippen LogP contribution is -2.38. The zero-order chi connectivity index (χ0) is 13.7. The van der Waals surface area contributed by atoms with E-state index in [0.29, 0.717) is 5.69 Å². The number of primary amides is 1. The van der Waals surface area contributed by atoms with Crippen molar-refractivity contribution in [2.24, 2.45) is 11.5 Å². The molecule has 0 radical (unpaired) electrons. The van der Waals surface area contributed by atoms with Crippen LogP contribution in [0, 0.1) is 0 Å². The van der Waals surface area contributed by atoms with E-state index in [1.807, 2.05) is 0 Å². The van der Waals surface area contributed by atoms with Gasteiger partial charge in [0.2, 0.25) is 11.8 Å². The van der Waals surface area contributed by atoms with Crippen molar-refractivity contribution in [3.63, 3.8) is 0 Å². The van der Waals surface area contributed by atoms with Crippen LogP contribution in [0.25, 0.3) is 0 Å². The molecule has 1 aromatic carbocycles. The Labute approximate surface area is 103 Å². The van der Waals surface area contributed by atoms with Crippen molar-refractivity contribution in [3.8, 4) is 0 Å². The predicted molar refractivity (Wildman–Crippen MR) is 63.8 cm³/mol. The lowest BCUT2D eigenvalue weighted by Gasteiger charge is -2.10. The maximum absolute atomic E-state index is 11.5. The number of nitrogens with two attached hydrogens (primary N) is 2. The largest absolute Gasteiger partial charge is 0.478 e. The molecular weight excluding hydrogens is 238 g/mol. The second-order valence-corrected chi connectivity index (χ2v) is 3.65. The fourth-order valence-corrected chi connectivity index (χ4v) is 1.24. The Morgan fingerprint density at radius 2 is 1.78 bits per heavy atom. The molecule has 0 aliphatic carbocycles. The summed E-state index contributed by atoms with van der Waals surface area (Å²) in [4.78, 5) is 32.7. The highest BCUT2D eigenvalue weighted by Crippen LogP contribution is 2.10. The van der Waals surface area contributed by atoms with E-state index in [2.05, 4.69) is 5.32 Å². The van der Waals surface area contributed by atoms with Crippen LogP contribution < -0.4 is 16.8 Å². The number of carboxylic acids is 1. The Hall–Kier alpha value is -2.41. The first-order valence-electron chi connectivity index (χ1n) is 5.08. The average molecular weight is 251 g/mol. The van der Waals surface area contributed by atoms with Gasteiger partial charge in [-0.3, -0.25) is 9.59 Å². The van der Waals surface area contributed by atoms with E-state index >= 15 is 0 Å². The molecule has 6 N–H and O–H groups in total. The van der Waals surface area contributed by atoms with Gasteiger partial charge in [0, 0.05) is 5.69 Å². The summed E-state index contributed by atoms with van der Waals surface area (Å²) >= 11 is 0. The number of carbonyl (C=O) groups excluding carboxylic acids is 2. The van der Waals surface area contributed by atoms with Gasteiger partial charge in [0.15, 0.2) is 0 Å². The van der Waals surface area contributed by atoms with Crippen LogP contribution in [0.15, 0.2) is 24.3 Å². The topological polar surface area (TPSA) is 136 Å². The molecule has 0 saturated heterocycles. The van der Waals surface area contributed by atoms with E-state index in [1.165, 1.54) is 24.3 Å². The number of anilines is 1. The van der Waals surface area contributed by atoms with Crippen molar-refractivity contribution in [3.05, 3.63) is 29.8 Å². The highest BCUT2D eigenvalue weighted by Gasteiger charge is 2.16. The van der Waals surface area contributed by atoms with Crippen LogP contribution >= 0.6 is 0 Å². The quantitative estimate of drug-likeness (QED) is 0.560. The third kappa shape index (κ3) is 3.87. The zero-order valence-corrected chi connectivity index (χ0v) is 9.42. The van der Waals surface area contributed by atoms with E-state index < -0.39 is 23.8 Å². The Balaban J connectivity index is 2.64. The lowest BCUT2D eigenvalue weighted by molar-refractivity contribution is -0.123. The first-order valence-corrected chi connectivity index (χ1v) is 5.08. The molecule has 1 unspecified atom stereocenters. The Morgan fingerprint density at radius 1 is 1.22 bits per heavy atom. The van der Waals surface area contributed by atoms with Crippen LogP contribution in [-0.4, -0.2) is 28.9 Å². The van der Waals surface area contributed by atoms with Gasteiger partial charge in [0.05, 0.1) is 18.0 Å². The first kappa shape index (κ1) is 13.7. The molecule has 1 atom stereocenters. The van der Waals surface area contributed by atoms with Crippen LogP contribution in [0.1, 0.15) is 16.8 Å². The second-order valence-electron chi connectivity index (χ2n) is 3.65. The summed E-state index contributed by atoms with van der Waals surface area (Å²) in [6.07, 6.45) is -0.251. The fourth-order valence-electron chi connectivity index (χ4n) is 1.24. The summed E-state index contributed by atoms with van der Waals surface area (Å²) in [6, 6.07) is 4.52. The summed E-state index contributed by atoms with van der Waals surface area (Å²) < 4.78 is 0. The van der Waals surface area contributed by atoms with Crippen LogP contribution in [0.3, 0.4) is 0 Å². The first-order chi connectivity index (χ1) is 8.40. The molecule has 0 saturated carbocycles. The number of carboxylic acid groups (broad SMARTS) is 1. The monoisotopic (exact) mass is 251 g/mol. The summed E-state index contributed by atoms with van der Waals surface area (Å²) in [5.74, 6) is -2.28. The molecule has 1 rings (SSSR count). The molecule has 0 bridgehead atoms. The van der Waals surface area contributed by atoms with Crippen molar-refractivity contribution < 1.29 is 19.5 Å². The van der Waals surface area contributed by atoms with Gasteiger partial charge in [-0.1, -0.05) is 0 Å². The fraction of sp³-hybridized carbons (Fsp3) is 0.182. The minimum absolute atomic E-state index is 0.106. The summed E-state index contributed by atoms with van der Waals surface area (Å²) in [5.41, 5.74) is 10.9. The number of benzene rings is 1. The standard InChI is InChI=1S/C11H13N3O4/c12-8(5-9(13)15)10(16)14-7-3-1-6(2-4-7)11(17)18/h1-4,8H,5,12H2,(H2,13,15)(H,14,16)(H,17,18). The lowest BCUT2D eigenvalue weighted by atomic mass is 10.1. The number of nitrogens with one attached hydrogen (secondary N) is 1. The van der Waals surface area contributed by atoms with Gasteiger partial charge in [-0.05, 0) is 24.3 Å². The average Bonchev–Trinajstić information content (AvgIpc) is 2.28. The molecule has 0 aliphatic heterocycles. The minimum Gasteiger partial charge on any atom is -0.478 e. The highest BCUT2D eigenvalue weighted by atomic mass is 16.4. The molecular formula is C11H13N3O4. The molecule has 0 aromatic heterocycles. The second kappa shape index (κ2) is 5.78. The SMILES string of the molecule is NC(=O)CC(N)C(=O)Nc1ccc(C(=O)O)cc1. The molecule has 0 fully saturated rings. The van der Waals surface area contributed by atoms with Crippen LogP contribution in [0.5, 0.6) is 0 Å². The molecule has 18 heavy (non-hydrogen) atoms. The molecule has 0 spiro atoms. The number of rotatable bonds is 5. The molecule has 0 heterocycles. The highest BCUT2D eigenvalue weighted by molar-refractivity contribution is 5.97. The van der Waals surface area contributed by atoms with E-state index in [9.17, 15) is 14.4 Å². The molecule has 1 aromatic rings. The van der Waals surface area contributed by atoms with Crippen molar-refractivity contribution >= 4 is 23.5 Å².